The lowest BCUT2D eigenvalue weighted by molar-refractivity contribution is 0.581. The molecule has 0 radical (unpaired) electrons. The third-order valence-corrected chi connectivity index (χ3v) is 3.39. The summed E-state index contributed by atoms with van der Waals surface area (Å²) in [5.74, 6) is 0. The average molecular weight is 258 g/mol. The SMILES string of the molecule is Cc1nn(-c2ccnc(CNC(C)C)c2)c(C)c1C. The van der Waals surface area contributed by atoms with Crippen LogP contribution in [0.3, 0.4) is 0 Å². The molecule has 4 nitrogen and oxygen atoms in total. The molecular weight excluding hydrogens is 236 g/mol. The molecule has 0 atom stereocenters. The molecule has 0 saturated heterocycles. The van der Waals surface area contributed by atoms with Crippen LogP contribution >= 0.6 is 0 Å². The highest BCUT2D eigenvalue weighted by atomic mass is 15.3. The molecule has 2 rings (SSSR count). The number of hydrogen-bond acceptors (Lipinski definition) is 3. The third kappa shape index (κ3) is 3.01. The van der Waals surface area contributed by atoms with Crippen LogP contribution in [0.4, 0.5) is 0 Å². The molecule has 0 spiro atoms. The highest BCUT2D eigenvalue weighted by molar-refractivity contribution is 5.36. The van der Waals surface area contributed by atoms with Crippen molar-refractivity contribution >= 4 is 0 Å². The lowest BCUT2D eigenvalue weighted by Crippen LogP contribution is -2.22. The van der Waals surface area contributed by atoms with Crippen molar-refractivity contribution in [2.45, 2.75) is 47.2 Å². The van der Waals surface area contributed by atoms with Gasteiger partial charge in [-0.15, -0.1) is 0 Å². The Morgan fingerprint density at radius 3 is 2.58 bits per heavy atom. The number of nitrogens with one attached hydrogen (secondary N) is 1. The molecule has 1 N–H and O–H groups in total. The lowest BCUT2D eigenvalue weighted by Gasteiger charge is -2.09. The van der Waals surface area contributed by atoms with E-state index in [-0.39, 0.29) is 0 Å². The molecule has 0 aliphatic carbocycles. The minimum Gasteiger partial charge on any atom is -0.309 e. The van der Waals surface area contributed by atoms with E-state index in [1.807, 2.05) is 23.9 Å². The summed E-state index contributed by atoms with van der Waals surface area (Å²) in [5, 5.41) is 7.96. The Morgan fingerprint density at radius 2 is 2.00 bits per heavy atom. The molecular formula is C15H22N4. The molecule has 19 heavy (non-hydrogen) atoms. The Balaban J connectivity index is 2.30. The van der Waals surface area contributed by atoms with Gasteiger partial charge in [0.25, 0.3) is 0 Å². The van der Waals surface area contributed by atoms with E-state index in [1.54, 1.807) is 0 Å². The standard InChI is InChI=1S/C15H22N4/c1-10(2)17-9-14-8-15(6-7-16-14)19-13(5)11(3)12(4)18-19/h6-8,10,17H,9H2,1-5H3. The van der Waals surface area contributed by atoms with Gasteiger partial charge in [-0.05, 0) is 38.5 Å². The fourth-order valence-corrected chi connectivity index (χ4v) is 1.97. The number of pyridine rings is 1. The highest BCUT2D eigenvalue weighted by Gasteiger charge is 2.09. The summed E-state index contributed by atoms with van der Waals surface area (Å²) in [6, 6.07) is 4.55. The van der Waals surface area contributed by atoms with E-state index < -0.39 is 0 Å². The molecule has 102 valence electrons. The smallest absolute Gasteiger partial charge is 0.0682 e. The van der Waals surface area contributed by atoms with Gasteiger partial charge in [-0.25, -0.2) is 4.68 Å². The topological polar surface area (TPSA) is 42.7 Å². The predicted octanol–water partition coefficient (Wildman–Crippen LogP) is 2.69. The van der Waals surface area contributed by atoms with Crippen molar-refractivity contribution in [3.63, 3.8) is 0 Å². The van der Waals surface area contributed by atoms with Gasteiger partial charge in [-0.1, -0.05) is 13.8 Å². The Hall–Kier alpha value is -1.68. The van der Waals surface area contributed by atoms with Crippen LogP contribution in [0.1, 0.15) is 36.5 Å². The van der Waals surface area contributed by atoms with Crippen LogP contribution in [0.15, 0.2) is 18.3 Å². The van der Waals surface area contributed by atoms with Crippen LogP contribution in [-0.2, 0) is 6.54 Å². The Labute approximate surface area is 114 Å². The van der Waals surface area contributed by atoms with Crippen LogP contribution in [0, 0.1) is 20.8 Å². The van der Waals surface area contributed by atoms with Crippen molar-refractivity contribution in [3.05, 3.63) is 41.0 Å². The molecule has 4 heteroatoms. The van der Waals surface area contributed by atoms with Gasteiger partial charge in [0, 0.05) is 24.5 Å². The number of rotatable bonds is 4. The summed E-state index contributed by atoms with van der Waals surface area (Å²) >= 11 is 0. The van der Waals surface area contributed by atoms with Crippen molar-refractivity contribution < 1.29 is 0 Å². The van der Waals surface area contributed by atoms with Crippen molar-refractivity contribution in [1.82, 2.24) is 20.1 Å². The third-order valence-electron chi connectivity index (χ3n) is 3.39. The van der Waals surface area contributed by atoms with Crippen molar-refractivity contribution in [1.29, 1.82) is 0 Å². The zero-order chi connectivity index (χ0) is 14.0. The quantitative estimate of drug-likeness (QED) is 0.917. The minimum atomic E-state index is 0.460. The number of aromatic nitrogens is 3. The summed E-state index contributed by atoms with van der Waals surface area (Å²) in [6.45, 7) is 11.3. The molecule has 0 amide bonds. The van der Waals surface area contributed by atoms with Crippen molar-refractivity contribution in [2.24, 2.45) is 0 Å². The van der Waals surface area contributed by atoms with Gasteiger partial charge in [0.1, 0.15) is 0 Å². The molecule has 0 unspecified atom stereocenters. The first-order chi connectivity index (χ1) is 8.99. The Kier molecular flexibility index (Phi) is 4.00. The second kappa shape index (κ2) is 5.53. The predicted molar refractivity (Wildman–Crippen MR) is 77.5 cm³/mol. The fourth-order valence-electron chi connectivity index (χ4n) is 1.97. The van der Waals surface area contributed by atoms with Gasteiger partial charge in [-0.3, -0.25) is 4.98 Å². The van der Waals surface area contributed by atoms with Crippen LogP contribution < -0.4 is 5.32 Å². The highest BCUT2D eigenvalue weighted by Crippen LogP contribution is 2.16. The maximum absolute atomic E-state index is 4.58. The molecule has 0 fully saturated rings. The molecule has 2 heterocycles. The van der Waals surface area contributed by atoms with Crippen LogP contribution in [0.5, 0.6) is 0 Å². The second-order valence-corrected chi connectivity index (χ2v) is 5.25. The summed E-state index contributed by atoms with van der Waals surface area (Å²) in [7, 11) is 0. The molecule has 2 aromatic heterocycles. The molecule has 0 bridgehead atoms. The zero-order valence-electron chi connectivity index (χ0n) is 12.4. The number of hydrogen-bond donors (Lipinski definition) is 1. The lowest BCUT2D eigenvalue weighted by atomic mass is 10.2. The first kappa shape index (κ1) is 13.7. The van der Waals surface area contributed by atoms with E-state index >= 15 is 0 Å². The van der Waals surface area contributed by atoms with E-state index in [4.69, 9.17) is 0 Å². The Morgan fingerprint density at radius 1 is 1.26 bits per heavy atom. The normalized spacial score (nSPS) is 11.3. The van der Waals surface area contributed by atoms with E-state index in [1.165, 1.54) is 11.3 Å². The maximum atomic E-state index is 4.58. The zero-order valence-corrected chi connectivity index (χ0v) is 12.4. The Bertz CT molecular complexity index is 570. The van der Waals surface area contributed by atoms with E-state index in [2.05, 4.69) is 49.2 Å². The number of aryl methyl sites for hydroxylation is 1. The molecule has 0 aliphatic heterocycles. The van der Waals surface area contributed by atoms with Crippen LogP contribution in [-0.4, -0.2) is 20.8 Å². The van der Waals surface area contributed by atoms with Crippen molar-refractivity contribution in [2.75, 3.05) is 0 Å². The fraction of sp³-hybridized carbons (Fsp3) is 0.467. The first-order valence-electron chi connectivity index (χ1n) is 6.70. The molecule has 2 aromatic rings. The summed E-state index contributed by atoms with van der Waals surface area (Å²) in [4.78, 5) is 4.39. The van der Waals surface area contributed by atoms with E-state index in [0.717, 1.165) is 23.6 Å². The van der Waals surface area contributed by atoms with Gasteiger partial charge >= 0.3 is 0 Å². The largest absolute Gasteiger partial charge is 0.309 e. The van der Waals surface area contributed by atoms with Gasteiger partial charge in [-0.2, -0.15) is 5.10 Å². The molecule has 0 saturated carbocycles. The monoisotopic (exact) mass is 258 g/mol. The van der Waals surface area contributed by atoms with Crippen LogP contribution in [0.25, 0.3) is 5.69 Å². The summed E-state index contributed by atoms with van der Waals surface area (Å²) < 4.78 is 1.99. The molecule has 0 aliphatic rings. The minimum absolute atomic E-state index is 0.460. The van der Waals surface area contributed by atoms with Gasteiger partial charge in [0.05, 0.1) is 17.1 Å². The average Bonchev–Trinajstić information content (AvgIpc) is 2.64. The number of nitrogens with zero attached hydrogens (tertiary/aromatic N) is 3. The molecule has 0 aromatic carbocycles. The summed E-state index contributed by atoms with van der Waals surface area (Å²) in [5.41, 5.74) is 5.63. The maximum Gasteiger partial charge on any atom is 0.0682 e. The van der Waals surface area contributed by atoms with Gasteiger partial charge < -0.3 is 5.32 Å². The second-order valence-electron chi connectivity index (χ2n) is 5.25. The van der Waals surface area contributed by atoms with Gasteiger partial charge in [0.15, 0.2) is 0 Å². The van der Waals surface area contributed by atoms with E-state index in [9.17, 15) is 0 Å². The van der Waals surface area contributed by atoms with E-state index in [0.29, 0.717) is 6.04 Å². The van der Waals surface area contributed by atoms with Crippen molar-refractivity contribution in [3.8, 4) is 5.69 Å². The summed E-state index contributed by atoms with van der Waals surface area (Å²) in [6.07, 6.45) is 1.85. The first-order valence-corrected chi connectivity index (χ1v) is 6.70. The van der Waals surface area contributed by atoms with Gasteiger partial charge in [0.2, 0.25) is 0 Å². The van der Waals surface area contributed by atoms with Crippen LogP contribution in [0.2, 0.25) is 0 Å².